The molecule has 0 aliphatic carbocycles. The van der Waals surface area contributed by atoms with Crippen molar-refractivity contribution in [2.75, 3.05) is 26.2 Å². The van der Waals surface area contributed by atoms with Gasteiger partial charge in [0.25, 0.3) is 15.9 Å². The SMILES string of the molecule is Cc1cc(C)c2c(-n3cccc3)c(C(=O)N3CCN(S(=O)(=O)c4cccs4)CC3)sc2n1. The maximum absolute atomic E-state index is 13.6. The molecule has 0 radical (unpaired) electrons. The number of sulfonamides is 1. The molecule has 32 heavy (non-hydrogen) atoms. The molecule has 0 aromatic carbocycles. The summed E-state index contributed by atoms with van der Waals surface area (Å²) >= 11 is 2.62. The number of carbonyl (C=O) groups excluding carboxylic acids is 1. The Hall–Kier alpha value is -2.53. The van der Waals surface area contributed by atoms with Gasteiger partial charge in [0.1, 0.15) is 13.9 Å². The molecule has 1 saturated heterocycles. The molecule has 1 aliphatic heterocycles. The molecule has 0 spiro atoms. The van der Waals surface area contributed by atoms with Gasteiger partial charge in [-0.1, -0.05) is 6.07 Å². The van der Waals surface area contributed by atoms with Crippen LogP contribution in [0.4, 0.5) is 0 Å². The number of nitrogens with zero attached hydrogens (tertiary/aromatic N) is 4. The van der Waals surface area contributed by atoms with Crippen LogP contribution < -0.4 is 0 Å². The summed E-state index contributed by atoms with van der Waals surface area (Å²) < 4.78 is 29.4. The Morgan fingerprint density at radius 3 is 2.44 bits per heavy atom. The zero-order chi connectivity index (χ0) is 22.5. The first-order chi connectivity index (χ1) is 15.4. The van der Waals surface area contributed by atoms with Gasteiger partial charge in [-0.15, -0.1) is 22.7 Å². The molecular formula is C22H22N4O3S3. The second kappa shape index (κ2) is 8.11. The molecule has 0 saturated carbocycles. The second-order valence-corrected chi connectivity index (χ2v) is 11.9. The number of carbonyl (C=O) groups is 1. The van der Waals surface area contributed by atoms with E-state index in [4.69, 9.17) is 0 Å². The van der Waals surface area contributed by atoms with Crippen molar-refractivity contribution in [3.63, 3.8) is 0 Å². The predicted octanol–water partition coefficient (Wildman–Crippen LogP) is 3.91. The highest BCUT2D eigenvalue weighted by atomic mass is 32.2. The molecule has 5 rings (SSSR count). The van der Waals surface area contributed by atoms with Gasteiger partial charge in [-0.3, -0.25) is 4.79 Å². The molecule has 1 aliphatic rings. The van der Waals surface area contributed by atoms with Crippen molar-refractivity contribution >= 4 is 48.8 Å². The van der Waals surface area contributed by atoms with Crippen LogP contribution in [0.15, 0.2) is 52.3 Å². The van der Waals surface area contributed by atoms with E-state index in [-0.39, 0.29) is 19.0 Å². The Labute approximate surface area is 194 Å². The molecule has 0 unspecified atom stereocenters. The van der Waals surface area contributed by atoms with Gasteiger partial charge < -0.3 is 9.47 Å². The molecule has 5 heterocycles. The van der Waals surface area contributed by atoms with Crippen LogP contribution in [-0.4, -0.2) is 59.3 Å². The van der Waals surface area contributed by atoms with Crippen LogP contribution in [-0.2, 0) is 10.0 Å². The van der Waals surface area contributed by atoms with Crippen LogP contribution in [0, 0.1) is 13.8 Å². The van der Waals surface area contributed by atoms with E-state index in [0.29, 0.717) is 22.2 Å². The molecule has 7 nitrogen and oxygen atoms in total. The van der Waals surface area contributed by atoms with E-state index in [1.807, 2.05) is 49.0 Å². The number of pyridine rings is 1. The van der Waals surface area contributed by atoms with Crippen molar-refractivity contribution in [3.8, 4) is 5.69 Å². The summed E-state index contributed by atoms with van der Waals surface area (Å²) in [5.74, 6) is -0.0816. The quantitative estimate of drug-likeness (QED) is 0.438. The van der Waals surface area contributed by atoms with Crippen molar-refractivity contribution < 1.29 is 13.2 Å². The third-order valence-electron chi connectivity index (χ3n) is 5.63. The minimum absolute atomic E-state index is 0.0816. The van der Waals surface area contributed by atoms with Gasteiger partial charge in [0, 0.05) is 49.7 Å². The van der Waals surface area contributed by atoms with Crippen LogP contribution in [0.2, 0.25) is 0 Å². The van der Waals surface area contributed by atoms with E-state index in [1.165, 1.54) is 27.0 Å². The number of hydrogen-bond donors (Lipinski definition) is 0. The van der Waals surface area contributed by atoms with Crippen molar-refractivity contribution in [2.45, 2.75) is 18.1 Å². The lowest BCUT2D eigenvalue weighted by Crippen LogP contribution is -2.50. The number of aromatic nitrogens is 2. The topological polar surface area (TPSA) is 75.5 Å². The molecule has 4 aromatic heterocycles. The first kappa shape index (κ1) is 21.3. The van der Waals surface area contributed by atoms with Gasteiger partial charge in [0.15, 0.2) is 0 Å². The van der Waals surface area contributed by atoms with Crippen LogP contribution >= 0.6 is 22.7 Å². The molecule has 0 bridgehead atoms. The van der Waals surface area contributed by atoms with Gasteiger partial charge >= 0.3 is 0 Å². The molecule has 0 N–H and O–H groups in total. The normalized spacial score (nSPS) is 15.5. The lowest BCUT2D eigenvalue weighted by atomic mass is 10.1. The molecular weight excluding hydrogens is 464 g/mol. The summed E-state index contributed by atoms with van der Waals surface area (Å²) in [5.41, 5.74) is 2.85. The van der Waals surface area contributed by atoms with Crippen LogP contribution in [0.25, 0.3) is 15.9 Å². The molecule has 1 fully saturated rings. The van der Waals surface area contributed by atoms with Gasteiger partial charge in [0.05, 0.1) is 5.69 Å². The summed E-state index contributed by atoms with van der Waals surface area (Å²) in [7, 11) is -3.50. The van der Waals surface area contributed by atoms with E-state index >= 15 is 0 Å². The Kier molecular flexibility index (Phi) is 5.40. The fourth-order valence-electron chi connectivity index (χ4n) is 4.11. The minimum atomic E-state index is -3.50. The summed E-state index contributed by atoms with van der Waals surface area (Å²) in [6.45, 7) is 5.27. The van der Waals surface area contributed by atoms with Gasteiger partial charge in [0.2, 0.25) is 0 Å². The largest absolute Gasteiger partial charge is 0.335 e. The number of rotatable bonds is 4. The predicted molar refractivity (Wildman–Crippen MR) is 127 cm³/mol. The number of aryl methyl sites for hydroxylation is 2. The number of hydrogen-bond acceptors (Lipinski definition) is 6. The fraction of sp³-hybridized carbons (Fsp3) is 0.273. The van der Waals surface area contributed by atoms with E-state index in [1.54, 1.807) is 22.4 Å². The summed E-state index contributed by atoms with van der Waals surface area (Å²) in [5, 5.41) is 2.74. The smallest absolute Gasteiger partial charge is 0.266 e. The first-order valence-electron chi connectivity index (χ1n) is 10.2. The number of thiophene rings is 2. The first-order valence-corrected chi connectivity index (χ1v) is 13.4. The van der Waals surface area contributed by atoms with Crippen LogP contribution in [0.1, 0.15) is 20.9 Å². The van der Waals surface area contributed by atoms with Crippen LogP contribution in [0.5, 0.6) is 0 Å². The fourth-order valence-corrected chi connectivity index (χ4v) is 7.94. The third-order valence-corrected chi connectivity index (χ3v) is 9.97. The van der Waals surface area contributed by atoms with Gasteiger partial charge in [-0.2, -0.15) is 4.31 Å². The molecule has 4 aromatic rings. The third kappa shape index (κ3) is 3.57. The number of fused-ring (bicyclic) bond motifs is 1. The lowest BCUT2D eigenvalue weighted by Gasteiger charge is -2.33. The zero-order valence-corrected chi connectivity index (χ0v) is 20.1. The van der Waals surface area contributed by atoms with Crippen molar-refractivity contribution in [2.24, 2.45) is 0 Å². The standard InChI is InChI=1S/C22H22N4O3S3/c1-15-14-16(2)23-21-18(15)19(24-7-3-4-8-24)20(31-21)22(27)25-9-11-26(12-10-25)32(28,29)17-6-5-13-30-17/h3-8,13-14H,9-12H2,1-2H3. The van der Waals surface area contributed by atoms with E-state index < -0.39 is 10.0 Å². The number of amides is 1. The van der Waals surface area contributed by atoms with Gasteiger partial charge in [-0.05, 0) is 49.1 Å². The van der Waals surface area contributed by atoms with E-state index in [2.05, 4.69) is 4.98 Å². The van der Waals surface area contributed by atoms with Crippen LogP contribution in [0.3, 0.4) is 0 Å². The summed E-state index contributed by atoms with van der Waals surface area (Å²) in [4.78, 5) is 21.5. The monoisotopic (exact) mass is 486 g/mol. The highest BCUT2D eigenvalue weighted by Crippen LogP contribution is 2.37. The minimum Gasteiger partial charge on any atom is -0.335 e. The molecule has 1 amide bonds. The van der Waals surface area contributed by atoms with E-state index in [0.717, 1.165) is 27.2 Å². The van der Waals surface area contributed by atoms with Crippen molar-refractivity contribution in [1.82, 2.24) is 18.8 Å². The van der Waals surface area contributed by atoms with E-state index in [9.17, 15) is 13.2 Å². The molecule has 10 heteroatoms. The molecule has 166 valence electrons. The molecule has 0 atom stereocenters. The maximum atomic E-state index is 13.6. The Balaban J connectivity index is 1.46. The number of piperazine rings is 1. The second-order valence-electron chi connectivity index (χ2n) is 7.76. The Morgan fingerprint density at radius 2 is 1.78 bits per heavy atom. The van der Waals surface area contributed by atoms with Crippen molar-refractivity contribution in [1.29, 1.82) is 0 Å². The maximum Gasteiger partial charge on any atom is 0.266 e. The average Bonchev–Trinajstić information content (AvgIpc) is 3.53. The van der Waals surface area contributed by atoms with Gasteiger partial charge in [-0.25, -0.2) is 13.4 Å². The average molecular weight is 487 g/mol. The zero-order valence-electron chi connectivity index (χ0n) is 17.7. The summed E-state index contributed by atoms with van der Waals surface area (Å²) in [6, 6.07) is 9.26. The van der Waals surface area contributed by atoms with Crippen molar-refractivity contribution in [3.05, 3.63) is 64.2 Å². The summed E-state index contributed by atoms with van der Waals surface area (Å²) in [6.07, 6.45) is 3.87. The highest BCUT2D eigenvalue weighted by Gasteiger charge is 2.33. The Bertz CT molecular complexity index is 1380. The highest BCUT2D eigenvalue weighted by molar-refractivity contribution is 7.91. The Morgan fingerprint density at radius 1 is 1.06 bits per heavy atom. The lowest BCUT2D eigenvalue weighted by molar-refractivity contribution is 0.0703.